The number of rotatable bonds is 3. The van der Waals surface area contributed by atoms with Crippen LogP contribution in [0, 0.1) is 28.6 Å². The molecular weight excluding hydrogens is 352 g/mol. The Labute approximate surface area is 149 Å². The van der Waals surface area contributed by atoms with Crippen LogP contribution >= 0.6 is 15.9 Å². The number of hydrogen-bond donors (Lipinski definition) is 1. The molecular formula is C20H31BrO2. The Hall–Kier alpha value is -0.150. The lowest BCUT2D eigenvalue weighted by Crippen LogP contribution is -2.37. The second-order valence-corrected chi connectivity index (χ2v) is 9.52. The van der Waals surface area contributed by atoms with Crippen LogP contribution in [0.2, 0.25) is 0 Å². The maximum Gasteiger partial charge on any atom is 0.144 e. The third-order valence-corrected chi connectivity index (χ3v) is 7.96. The van der Waals surface area contributed by atoms with Gasteiger partial charge in [-0.15, -0.1) is 0 Å². The van der Waals surface area contributed by atoms with Crippen molar-refractivity contribution in [1.29, 1.82) is 0 Å². The maximum absolute atomic E-state index is 12.5. The van der Waals surface area contributed by atoms with Gasteiger partial charge in [0.05, 0.1) is 6.10 Å². The molecule has 3 fully saturated rings. The van der Waals surface area contributed by atoms with E-state index in [0.717, 1.165) is 19.3 Å². The average Bonchev–Trinajstić information content (AvgIpc) is 2.97. The fraction of sp³-hybridized carbons (Fsp3) is 0.850. The normalized spacial score (nSPS) is 42.9. The first-order valence-corrected chi connectivity index (χ1v) is 10.2. The zero-order chi connectivity index (χ0) is 16.8. The van der Waals surface area contributed by atoms with Gasteiger partial charge in [0.25, 0.3) is 0 Å². The average molecular weight is 383 g/mol. The summed E-state index contributed by atoms with van der Waals surface area (Å²) < 4.78 is 0. The van der Waals surface area contributed by atoms with E-state index < -0.39 is 6.10 Å². The minimum absolute atomic E-state index is 0.123. The summed E-state index contributed by atoms with van der Waals surface area (Å²) >= 11 is 3.56. The van der Waals surface area contributed by atoms with E-state index in [1.807, 2.05) is 13.8 Å². The Kier molecular flexibility index (Phi) is 4.83. The van der Waals surface area contributed by atoms with Crippen LogP contribution in [0.4, 0.5) is 0 Å². The molecule has 0 radical (unpaired) electrons. The molecule has 0 aromatic carbocycles. The van der Waals surface area contributed by atoms with Crippen molar-refractivity contribution in [2.45, 2.75) is 78.2 Å². The van der Waals surface area contributed by atoms with E-state index in [9.17, 15) is 9.90 Å². The Bertz CT molecular complexity index is 510. The van der Waals surface area contributed by atoms with E-state index in [1.165, 1.54) is 32.1 Å². The fourth-order valence-electron chi connectivity index (χ4n) is 5.76. The quantitative estimate of drug-likeness (QED) is 0.724. The van der Waals surface area contributed by atoms with Gasteiger partial charge in [0.1, 0.15) is 5.78 Å². The van der Waals surface area contributed by atoms with E-state index in [-0.39, 0.29) is 17.1 Å². The maximum atomic E-state index is 12.5. The van der Waals surface area contributed by atoms with Gasteiger partial charge in [-0.05, 0) is 73.6 Å². The Morgan fingerprint density at radius 1 is 1.26 bits per heavy atom. The van der Waals surface area contributed by atoms with Crippen molar-refractivity contribution in [3.05, 3.63) is 10.6 Å². The van der Waals surface area contributed by atoms with Crippen molar-refractivity contribution in [3.8, 4) is 0 Å². The molecule has 0 aromatic heterocycles. The molecule has 0 spiro atoms. The zero-order valence-electron chi connectivity index (χ0n) is 14.8. The second-order valence-electron chi connectivity index (χ2n) is 9.07. The zero-order valence-corrected chi connectivity index (χ0v) is 16.4. The third kappa shape index (κ3) is 2.97. The Morgan fingerprint density at radius 3 is 2.61 bits per heavy atom. The van der Waals surface area contributed by atoms with Crippen molar-refractivity contribution in [1.82, 2.24) is 0 Å². The highest BCUT2D eigenvalue weighted by atomic mass is 79.9. The molecule has 2 nitrogen and oxygen atoms in total. The highest BCUT2D eigenvalue weighted by Gasteiger charge is 2.51. The SMILES string of the molecule is CC1(C)CCC(C(O)CC2CCC3/C(=C/Br)CCCC23C)C1=O. The number of aliphatic hydroxyl groups is 1. The van der Waals surface area contributed by atoms with Crippen LogP contribution in [0.1, 0.15) is 72.1 Å². The summed E-state index contributed by atoms with van der Waals surface area (Å²) in [5.74, 6) is 1.39. The molecule has 3 rings (SSSR count). The smallest absolute Gasteiger partial charge is 0.144 e. The van der Waals surface area contributed by atoms with Crippen molar-refractivity contribution < 1.29 is 9.90 Å². The Balaban J connectivity index is 1.70. The fourth-order valence-corrected chi connectivity index (χ4v) is 6.31. The number of Topliss-reactive ketones (excluding diaryl/α,β-unsaturated/α-hetero) is 1. The van der Waals surface area contributed by atoms with Gasteiger partial charge < -0.3 is 5.11 Å². The highest BCUT2D eigenvalue weighted by molar-refractivity contribution is 9.11. The topological polar surface area (TPSA) is 37.3 Å². The van der Waals surface area contributed by atoms with Crippen LogP contribution in [0.25, 0.3) is 0 Å². The van der Waals surface area contributed by atoms with Crippen LogP contribution in [0.5, 0.6) is 0 Å². The Morgan fingerprint density at radius 2 is 2.00 bits per heavy atom. The first-order chi connectivity index (χ1) is 10.8. The molecule has 3 aliphatic rings. The molecule has 130 valence electrons. The number of fused-ring (bicyclic) bond motifs is 1. The third-order valence-electron chi connectivity index (χ3n) is 7.38. The number of halogens is 1. The second kappa shape index (κ2) is 6.29. The largest absolute Gasteiger partial charge is 0.392 e. The lowest BCUT2D eigenvalue weighted by Gasteiger charge is -2.43. The standard InChI is InChI=1S/C20H31BrO2/c1-19(2)10-8-15(18(19)23)17(22)11-14-6-7-16-13(12-21)5-4-9-20(14,16)3/h12,14-17,22H,4-11H2,1-3H3/b13-12+. The van der Waals surface area contributed by atoms with Crippen LogP contribution in [0.3, 0.4) is 0 Å². The first-order valence-electron chi connectivity index (χ1n) is 9.31. The van der Waals surface area contributed by atoms with Gasteiger partial charge in [0.2, 0.25) is 0 Å². The van der Waals surface area contributed by atoms with Crippen molar-refractivity contribution >= 4 is 21.7 Å². The molecule has 0 heterocycles. The number of hydrogen-bond acceptors (Lipinski definition) is 2. The van der Waals surface area contributed by atoms with Gasteiger partial charge in [-0.2, -0.15) is 0 Å². The minimum Gasteiger partial charge on any atom is -0.392 e. The van der Waals surface area contributed by atoms with E-state index in [2.05, 4.69) is 27.8 Å². The summed E-state index contributed by atoms with van der Waals surface area (Å²) in [6.07, 6.45) is 8.35. The molecule has 0 aromatic rings. The summed E-state index contributed by atoms with van der Waals surface area (Å²) in [4.78, 5) is 14.7. The molecule has 1 N–H and O–H groups in total. The molecule has 3 saturated carbocycles. The van der Waals surface area contributed by atoms with Crippen molar-refractivity contribution in [2.75, 3.05) is 0 Å². The van der Waals surface area contributed by atoms with Crippen LogP contribution in [-0.4, -0.2) is 17.0 Å². The molecule has 5 atom stereocenters. The summed E-state index contributed by atoms with van der Waals surface area (Å²) in [7, 11) is 0. The van der Waals surface area contributed by atoms with Crippen LogP contribution in [-0.2, 0) is 4.79 Å². The number of aliphatic hydroxyl groups excluding tert-OH is 1. The van der Waals surface area contributed by atoms with Crippen LogP contribution in [0.15, 0.2) is 10.6 Å². The number of carbonyl (C=O) groups excluding carboxylic acids is 1. The summed E-state index contributed by atoms with van der Waals surface area (Å²) in [6.45, 7) is 6.49. The first kappa shape index (κ1) is 17.7. The van der Waals surface area contributed by atoms with E-state index >= 15 is 0 Å². The summed E-state index contributed by atoms with van der Waals surface area (Å²) in [5, 5.41) is 10.8. The minimum atomic E-state index is -0.442. The molecule has 3 aliphatic carbocycles. The molecule has 0 aliphatic heterocycles. The monoisotopic (exact) mass is 382 g/mol. The van der Waals surface area contributed by atoms with E-state index in [0.29, 0.717) is 17.3 Å². The predicted octanol–water partition coefficient (Wildman–Crippen LogP) is 5.24. The molecule has 3 heteroatoms. The summed E-state index contributed by atoms with van der Waals surface area (Å²) in [5.41, 5.74) is 1.65. The number of carbonyl (C=O) groups is 1. The van der Waals surface area contributed by atoms with Crippen molar-refractivity contribution in [2.24, 2.45) is 28.6 Å². The van der Waals surface area contributed by atoms with E-state index in [4.69, 9.17) is 0 Å². The van der Waals surface area contributed by atoms with Crippen molar-refractivity contribution in [3.63, 3.8) is 0 Å². The predicted molar refractivity (Wildman–Crippen MR) is 97.3 cm³/mol. The molecule has 23 heavy (non-hydrogen) atoms. The summed E-state index contributed by atoms with van der Waals surface area (Å²) in [6, 6.07) is 0. The lowest BCUT2D eigenvalue weighted by atomic mass is 9.62. The van der Waals surface area contributed by atoms with Crippen LogP contribution < -0.4 is 0 Å². The van der Waals surface area contributed by atoms with Gasteiger partial charge in [0, 0.05) is 11.3 Å². The molecule has 0 bridgehead atoms. The van der Waals surface area contributed by atoms with Gasteiger partial charge in [-0.25, -0.2) is 0 Å². The highest BCUT2D eigenvalue weighted by Crippen LogP contribution is 2.59. The molecule has 0 amide bonds. The number of ketones is 1. The van der Waals surface area contributed by atoms with Gasteiger partial charge in [-0.1, -0.05) is 42.3 Å². The van der Waals surface area contributed by atoms with E-state index in [1.54, 1.807) is 5.57 Å². The number of allylic oxidation sites excluding steroid dienone is 1. The van der Waals surface area contributed by atoms with Gasteiger partial charge >= 0.3 is 0 Å². The lowest BCUT2D eigenvalue weighted by molar-refractivity contribution is -0.130. The molecule has 0 saturated heterocycles. The van der Waals surface area contributed by atoms with Gasteiger partial charge in [0.15, 0.2) is 0 Å². The molecule has 5 unspecified atom stereocenters. The van der Waals surface area contributed by atoms with Gasteiger partial charge in [-0.3, -0.25) is 4.79 Å².